The van der Waals surface area contributed by atoms with E-state index in [0.29, 0.717) is 23.7 Å². The van der Waals surface area contributed by atoms with Gasteiger partial charge >= 0.3 is 6.03 Å². The van der Waals surface area contributed by atoms with E-state index in [1.54, 1.807) is 12.1 Å². The zero-order valence-corrected chi connectivity index (χ0v) is 15.1. The third kappa shape index (κ3) is 4.16. The van der Waals surface area contributed by atoms with Crippen LogP contribution in [0.4, 0.5) is 10.5 Å². The smallest absolute Gasteiger partial charge is 0.322 e. The standard InChI is InChI=1S/C19H27N3O2/c1-12(2)17-7-6-10-22(17)19(24)21-16-11-15(9-8-14(16)5)18(23)20-13(3)4/h6-9,11-13,17H,10H2,1-5H3,(H,20,23)(H,21,24). The van der Waals surface area contributed by atoms with Gasteiger partial charge in [-0.25, -0.2) is 4.79 Å². The molecule has 1 atom stereocenters. The van der Waals surface area contributed by atoms with E-state index in [4.69, 9.17) is 0 Å². The quantitative estimate of drug-likeness (QED) is 0.830. The molecular weight excluding hydrogens is 302 g/mol. The maximum Gasteiger partial charge on any atom is 0.322 e. The van der Waals surface area contributed by atoms with Crippen LogP contribution in [-0.4, -0.2) is 35.5 Å². The fraction of sp³-hybridized carbons (Fsp3) is 0.474. The first-order chi connectivity index (χ1) is 11.3. The molecule has 0 radical (unpaired) electrons. The van der Waals surface area contributed by atoms with Crippen LogP contribution in [0.15, 0.2) is 30.4 Å². The third-order valence-corrected chi connectivity index (χ3v) is 4.10. The van der Waals surface area contributed by atoms with Gasteiger partial charge in [0.25, 0.3) is 5.91 Å². The number of hydrogen-bond donors (Lipinski definition) is 2. The molecular formula is C19H27N3O2. The Bertz CT molecular complexity index is 650. The maximum atomic E-state index is 12.6. The van der Waals surface area contributed by atoms with Crippen molar-refractivity contribution in [1.29, 1.82) is 0 Å². The first-order valence-corrected chi connectivity index (χ1v) is 8.45. The molecule has 1 unspecified atom stereocenters. The summed E-state index contributed by atoms with van der Waals surface area (Å²) in [6, 6.07) is 5.41. The molecule has 1 aliphatic rings. The lowest BCUT2D eigenvalue weighted by molar-refractivity contribution is 0.0943. The van der Waals surface area contributed by atoms with Gasteiger partial charge in [-0.15, -0.1) is 0 Å². The van der Waals surface area contributed by atoms with Crippen molar-refractivity contribution >= 4 is 17.6 Å². The SMILES string of the molecule is Cc1ccc(C(=O)NC(C)C)cc1NC(=O)N1CC=CC1C(C)C. The van der Waals surface area contributed by atoms with Crippen molar-refractivity contribution in [3.8, 4) is 0 Å². The molecule has 0 aliphatic carbocycles. The molecule has 0 aromatic heterocycles. The Kier molecular flexibility index (Phi) is 5.65. The van der Waals surface area contributed by atoms with E-state index in [-0.39, 0.29) is 24.0 Å². The van der Waals surface area contributed by atoms with Crippen LogP contribution < -0.4 is 10.6 Å². The van der Waals surface area contributed by atoms with Crippen LogP contribution in [0, 0.1) is 12.8 Å². The van der Waals surface area contributed by atoms with Gasteiger partial charge in [-0.3, -0.25) is 4.79 Å². The Labute approximate surface area is 144 Å². The van der Waals surface area contributed by atoms with Crippen molar-refractivity contribution in [3.63, 3.8) is 0 Å². The molecule has 1 heterocycles. The summed E-state index contributed by atoms with van der Waals surface area (Å²) < 4.78 is 0. The summed E-state index contributed by atoms with van der Waals surface area (Å²) in [7, 11) is 0. The molecule has 0 spiro atoms. The second kappa shape index (κ2) is 7.51. The van der Waals surface area contributed by atoms with Crippen molar-refractivity contribution in [2.45, 2.75) is 46.7 Å². The Morgan fingerprint density at radius 1 is 1.21 bits per heavy atom. The largest absolute Gasteiger partial charge is 0.350 e. The van der Waals surface area contributed by atoms with Crippen LogP contribution >= 0.6 is 0 Å². The highest BCUT2D eigenvalue weighted by Gasteiger charge is 2.27. The van der Waals surface area contributed by atoms with Crippen molar-refractivity contribution in [3.05, 3.63) is 41.5 Å². The number of benzene rings is 1. The molecule has 2 rings (SSSR count). The predicted molar refractivity (Wildman–Crippen MR) is 97.3 cm³/mol. The number of anilines is 1. The maximum absolute atomic E-state index is 12.6. The number of amides is 3. The lowest BCUT2D eigenvalue weighted by Gasteiger charge is -2.28. The number of nitrogens with one attached hydrogen (secondary N) is 2. The highest BCUT2D eigenvalue weighted by Crippen LogP contribution is 2.22. The van der Waals surface area contributed by atoms with Gasteiger partial charge in [-0.2, -0.15) is 0 Å². The van der Waals surface area contributed by atoms with Gasteiger partial charge in [-0.05, 0) is 44.4 Å². The first-order valence-electron chi connectivity index (χ1n) is 8.45. The van der Waals surface area contributed by atoms with E-state index < -0.39 is 0 Å². The topological polar surface area (TPSA) is 61.4 Å². The Morgan fingerprint density at radius 2 is 1.92 bits per heavy atom. The molecule has 0 saturated carbocycles. The number of urea groups is 1. The van der Waals surface area contributed by atoms with Gasteiger partial charge in [0.15, 0.2) is 0 Å². The fourth-order valence-corrected chi connectivity index (χ4v) is 2.77. The molecule has 0 fully saturated rings. The van der Waals surface area contributed by atoms with Crippen molar-refractivity contribution in [1.82, 2.24) is 10.2 Å². The van der Waals surface area contributed by atoms with Crippen LogP contribution in [0.3, 0.4) is 0 Å². The number of nitrogens with zero attached hydrogens (tertiary/aromatic N) is 1. The number of carbonyl (C=O) groups excluding carboxylic acids is 2. The Balaban J connectivity index is 2.14. The second-order valence-electron chi connectivity index (χ2n) is 6.90. The number of rotatable bonds is 4. The summed E-state index contributed by atoms with van der Waals surface area (Å²) in [6.45, 7) is 10.6. The highest BCUT2D eigenvalue weighted by molar-refractivity contribution is 5.97. The van der Waals surface area contributed by atoms with Crippen LogP contribution in [0.25, 0.3) is 0 Å². The Morgan fingerprint density at radius 3 is 2.54 bits per heavy atom. The normalized spacial score (nSPS) is 16.8. The van der Waals surface area contributed by atoms with Gasteiger partial charge in [-0.1, -0.05) is 32.1 Å². The minimum Gasteiger partial charge on any atom is -0.350 e. The van der Waals surface area contributed by atoms with Gasteiger partial charge in [0.05, 0.1) is 6.04 Å². The summed E-state index contributed by atoms with van der Waals surface area (Å²) in [5, 5.41) is 5.82. The average molecular weight is 329 g/mol. The minimum atomic E-state index is -0.136. The van der Waals surface area contributed by atoms with Crippen molar-refractivity contribution < 1.29 is 9.59 Å². The molecule has 130 valence electrons. The highest BCUT2D eigenvalue weighted by atomic mass is 16.2. The summed E-state index contributed by atoms with van der Waals surface area (Å²) in [4.78, 5) is 26.6. The monoisotopic (exact) mass is 329 g/mol. The van der Waals surface area contributed by atoms with Gasteiger partial charge < -0.3 is 15.5 Å². The minimum absolute atomic E-state index is 0.0688. The third-order valence-electron chi connectivity index (χ3n) is 4.10. The van der Waals surface area contributed by atoms with Crippen LogP contribution in [0.5, 0.6) is 0 Å². The average Bonchev–Trinajstić information content (AvgIpc) is 2.98. The van der Waals surface area contributed by atoms with Gasteiger partial charge in [0.2, 0.25) is 0 Å². The van der Waals surface area contributed by atoms with E-state index in [9.17, 15) is 9.59 Å². The van der Waals surface area contributed by atoms with Gasteiger partial charge in [0, 0.05) is 23.8 Å². The van der Waals surface area contributed by atoms with E-state index in [2.05, 4.69) is 30.6 Å². The summed E-state index contributed by atoms with van der Waals surface area (Å²) in [6.07, 6.45) is 4.09. The predicted octanol–water partition coefficient (Wildman–Crippen LogP) is 3.56. The van der Waals surface area contributed by atoms with E-state index >= 15 is 0 Å². The summed E-state index contributed by atoms with van der Waals surface area (Å²) in [5.74, 6) is 0.224. The Hall–Kier alpha value is -2.30. The zero-order chi connectivity index (χ0) is 17.9. The molecule has 0 bridgehead atoms. The van der Waals surface area contributed by atoms with Crippen LogP contribution in [0.1, 0.15) is 43.6 Å². The summed E-state index contributed by atoms with van der Waals surface area (Å²) in [5.41, 5.74) is 2.15. The fourth-order valence-electron chi connectivity index (χ4n) is 2.77. The van der Waals surface area contributed by atoms with Crippen LogP contribution in [0.2, 0.25) is 0 Å². The van der Waals surface area contributed by atoms with Crippen molar-refractivity contribution in [2.75, 3.05) is 11.9 Å². The van der Waals surface area contributed by atoms with E-state index in [1.165, 1.54) is 0 Å². The molecule has 5 nitrogen and oxygen atoms in total. The van der Waals surface area contributed by atoms with E-state index in [0.717, 1.165) is 5.56 Å². The number of carbonyl (C=O) groups is 2. The molecule has 5 heteroatoms. The first kappa shape index (κ1) is 18.0. The second-order valence-corrected chi connectivity index (χ2v) is 6.90. The lowest BCUT2D eigenvalue weighted by Crippen LogP contribution is -2.41. The van der Waals surface area contributed by atoms with E-state index in [1.807, 2.05) is 37.8 Å². The lowest BCUT2D eigenvalue weighted by atomic mass is 10.0. The van der Waals surface area contributed by atoms with Crippen molar-refractivity contribution in [2.24, 2.45) is 5.92 Å². The van der Waals surface area contributed by atoms with Crippen LogP contribution in [-0.2, 0) is 0 Å². The molecule has 1 aromatic carbocycles. The molecule has 0 saturated heterocycles. The number of aryl methyl sites for hydroxylation is 1. The number of hydrogen-bond acceptors (Lipinski definition) is 2. The summed E-state index contributed by atoms with van der Waals surface area (Å²) >= 11 is 0. The van der Waals surface area contributed by atoms with Gasteiger partial charge in [0.1, 0.15) is 0 Å². The molecule has 1 aromatic rings. The molecule has 3 amide bonds. The molecule has 2 N–H and O–H groups in total. The molecule has 1 aliphatic heterocycles. The zero-order valence-electron chi connectivity index (χ0n) is 15.1. The molecule has 24 heavy (non-hydrogen) atoms.